The molecule has 0 aliphatic rings. The van der Waals surface area contributed by atoms with Gasteiger partial charge in [0.15, 0.2) is 0 Å². The Balaban J connectivity index is -0.000000602. The molecule has 22 heavy (non-hydrogen) atoms. The Morgan fingerprint density at radius 3 is 1.23 bits per heavy atom. The van der Waals surface area contributed by atoms with E-state index in [2.05, 4.69) is 6.92 Å². The number of carbonyl (C=O) groups is 1. The van der Waals surface area contributed by atoms with E-state index in [1.54, 1.807) is 0 Å². The third-order valence-corrected chi connectivity index (χ3v) is 3.99. The minimum absolute atomic E-state index is 0. The quantitative estimate of drug-likeness (QED) is 0.335. The molecule has 0 aromatic heterocycles. The van der Waals surface area contributed by atoms with E-state index < -0.39 is 5.97 Å². The van der Waals surface area contributed by atoms with Gasteiger partial charge >= 0.3 is 57.4 Å². The second kappa shape index (κ2) is 24.6. The predicted molar refractivity (Wildman–Crippen MR) is 95.5 cm³/mol. The summed E-state index contributed by atoms with van der Waals surface area (Å²) in [5.41, 5.74) is 0. The van der Waals surface area contributed by atoms with Gasteiger partial charge in [0.25, 0.3) is 0 Å². The van der Waals surface area contributed by atoms with E-state index in [1.165, 1.54) is 83.5 Å². The summed E-state index contributed by atoms with van der Waals surface area (Å²) in [6.45, 7) is 2.27. The van der Waals surface area contributed by atoms with E-state index in [-0.39, 0.29) is 65.2 Å². The van der Waals surface area contributed by atoms with Crippen LogP contribution in [0.3, 0.4) is 0 Å². The summed E-state index contributed by atoms with van der Waals surface area (Å²) < 4.78 is 0. The van der Waals surface area contributed by atoms with Crippen molar-refractivity contribution in [1.82, 2.24) is 0 Å². The minimum Gasteiger partial charge on any atom is -1.00 e. The molecule has 0 bridgehead atoms. The summed E-state index contributed by atoms with van der Waals surface area (Å²) in [6.07, 6.45) is 20.2. The van der Waals surface area contributed by atoms with Crippen LogP contribution < -0.4 is 51.4 Å². The molecule has 0 saturated carbocycles. The molecule has 4 heteroatoms. The molecule has 0 unspecified atom stereocenters. The molecule has 0 saturated heterocycles. The Morgan fingerprint density at radius 2 is 0.955 bits per heavy atom. The van der Waals surface area contributed by atoms with Crippen molar-refractivity contribution >= 4 is 18.4 Å². The molecule has 0 spiro atoms. The first kappa shape index (κ1) is 28.2. The normalized spacial score (nSPS) is 9.86. The molecule has 2 nitrogen and oxygen atoms in total. The molecule has 0 aromatic carbocycles. The number of carboxylic acid groups (broad SMARTS) is 1. The molecular formula is C18H38ClKO2. The summed E-state index contributed by atoms with van der Waals surface area (Å²) in [5.74, 6) is -0.653. The number of halogens is 1. The van der Waals surface area contributed by atoms with Crippen LogP contribution in [0.2, 0.25) is 0 Å². The van der Waals surface area contributed by atoms with Crippen molar-refractivity contribution in [1.29, 1.82) is 0 Å². The summed E-state index contributed by atoms with van der Waals surface area (Å²) in [4.78, 5) is 10.3. The van der Waals surface area contributed by atoms with Crippen molar-refractivity contribution in [3.63, 3.8) is 0 Å². The fourth-order valence-corrected chi connectivity index (χ4v) is 2.65. The van der Waals surface area contributed by atoms with Crippen LogP contribution in [0.4, 0.5) is 0 Å². The molecule has 0 aliphatic heterocycles. The zero-order chi connectivity index (χ0) is 14.9. The monoisotopic (exact) mass is 360 g/mol. The Kier molecular flexibility index (Phi) is 31.6. The smallest absolute Gasteiger partial charge is 1.00 e. The van der Waals surface area contributed by atoms with Gasteiger partial charge in [-0.05, 0) is 6.42 Å². The average Bonchev–Trinajstić information content (AvgIpc) is 2.43. The third kappa shape index (κ3) is 26.3. The molecule has 0 radical (unpaired) electrons. The molecule has 0 aromatic rings. The second-order valence-corrected chi connectivity index (χ2v) is 6.09. The number of carboxylic acids is 1. The Hall–Kier alpha value is 1.40. The van der Waals surface area contributed by atoms with Gasteiger partial charge in [-0.2, -0.15) is 0 Å². The Morgan fingerprint density at radius 1 is 0.682 bits per heavy atom. The van der Waals surface area contributed by atoms with E-state index in [0.29, 0.717) is 6.42 Å². The number of hydrogen-bond donors (Lipinski definition) is 1. The van der Waals surface area contributed by atoms with Crippen molar-refractivity contribution < 1.29 is 62.7 Å². The van der Waals surface area contributed by atoms with Crippen molar-refractivity contribution in [2.75, 3.05) is 0 Å². The maximum Gasteiger partial charge on any atom is 1.00 e. The van der Waals surface area contributed by atoms with Gasteiger partial charge < -0.3 is 6.53 Å². The largest absolute Gasteiger partial charge is 1.00 e. The first-order chi connectivity index (χ1) is 9.77. The standard InChI is InChI=1S/C18H36O2.ClH.K.H/c1-2-3-4-5-6-7-8-9-10-11-12-13-14-15-16-17-18(19)20;;;/h2-17H2,1H3,(H,19,20);1H;;/q;;+1;-1. The van der Waals surface area contributed by atoms with Crippen LogP contribution in [0.25, 0.3) is 0 Å². The van der Waals surface area contributed by atoms with Crippen molar-refractivity contribution in [3.8, 4) is 0 Å². The molecule has 0 aliphatic carbocycles. The van der Waals surface area contributed by atoms with Crippen LogP contribution in [-0.2, 0) is 4.79 Å². The van der Waals surface area contributed by atoms with Crippen LogP contribution in [0.15, 0.2) is 0 Å². The Labute approximate surface area is 188 Å². The topological polar surface area (TPSA) is 37.3 Å². The first-order valence-corrected chi connectivity index (χ1v) is 8.99. The zero-order valence-electron chi connectivity index (χ0n) is 16.1. The summed E-state index contributed by atoms with van der Waals surface area (Å²) in [5, 5.41) is 8.52. The third-order valence-electron chi connectivity index (χ3n) is 3.99. The van der Waals surface area contributed by atoms with Crippen molar-refractivity contribution in [2.24, 2.45) is 0 Å². The molecule has 0 rings (SSSR count). The summed E-state index contributed by atoms with van der Waals surface area (Å²) in [7, 11) is 0. The van der Waals surface area contributed by atoms with E-state index in [1.807, 2.05) is 0 Å². The van der Waals surface area contributed by atoms with Gasteiger partial charge in [-0.3, -0.25) is 4.79 Å². The van der Waals surface area contributed by atoms with Gasteiger partial charge in [0.2, 0.25) is 0 Å². The SMILES string of the molecule is CCCCCCCCCCCCCCCCCC(=O)O.Cl.[H-].[K+]. The van der Waals surface area contributed by atoms with Gasteiger partial charge in [0, 0.05) is 6.42 Å². The van der Waals surface area contributed by atoms with Gasteiger partial charge in [0.1, 0.15) is 0 Å². The summed E-state index contributed by atoms with van der Waals surface area (Å²) >= 11 is 0. The molecule has 0 fully saturated rings. The van der Waals surface area contributed by atoms with Crippen LogP contribution in [0.5, 0.6) is 0 Å². The van der Waals surface area contributed by atoms with Gasteiger partial charge in [-0.1, -0.05) is 96.8 Å². The van der Waals surface area contributed by atoms with Gasteiger partial charge in [-0.25, -0.2) is 0 Å². The van der Waals surface area contributed by atoms with Crippen LogP contribution in [0, 0.1) is 0 Å². The van der Waals surface area contributed by atoms with Gasteiger partial charge in [0.05, 0.1) is 0 Å². The van der Waals surface area contributed by atoms with E-state index >= 15 is 0 Å². The molecule has 0 atom stereocenters. The first-order valence-electron chi connectivity index (χ1n) is 8.99. The number of hydrogen-bond acceptors (Lipinski definition) is 1. The maximum absolute atomic E-state index is 10.3. The summed E-state index contributed by atoms with van der Waals surface area (Å²) in [6, 6.07) is 0. The Bertz CT molecular complexity index is 219. The zero-order valence-corrected chi connectivity index (χ0v) is 19.0. The maximum atomic E-state index is 10.3. The molecular weight excluding hydrogens is 323 g/mol. The predicted octanol–water partition coefficient (Wildman–Crippen LogP) is 3.87. The number of unbranched alkanes of at least 4 members (excludes halogenated alkanes) is 14. The average molecular weight is 361 g/mol. The molecule has 0 heterocycles. The molecule has 130 valence electrons. The van der Waals surface area contributed by atoms with E-state index in [4.69, 9.17) is 5.11 Å². The van der Waals surface area contributed by atoms with Gasteiger partial charge in [-0.15, -0.1) is 12.4 Å². The molecule has 1 N–H and O–H groups in total. The fraction of sp³-hybridized carbons (Fsp3) is 0.944. The van der Waals surface area contributed by atoms with Crippen LogP contribution >= 0.6 is 12.4 Å². The van der Waals surface area contributed by atoms with E-state index in [0.717, 1.165) is 12.8 Å². The van der Waals surface area contributed by atoms with Crippen LogP contribution in [0.1, 0.15) is 111 Å². The molecule has 0 amide bonds. The fourth-order valence-electron chi connectivity index (χ4n) is 2.65. The van der Waals surface area contributed by atoms with Crippen molar-refractivity contribution in [2.45, 2.75) is 110 Å². The van der Waals surface area contributed by atoms with Crippen molar-refractivity contribution in [3.05, 3.63) is 0 Å². The van der Waals surface area contributed by atoms with Crippen LogP contribution in [-0.4, -0.2) is 11.1 Å². The second-order valence-electron chi connectivity index (χ2n) is 6.09. The van der Waals surface area contributed by atoms with E-state index in [9.17, 15) is 4.79 Å². The number of aliphatic carboxylic acids is 1. The number of rotatable bonds is 16. The minimum atomic E-state index is -0.653.